The van der Waals surface area contributed by atoms with Gasteiger partial charge in [0, 0.05) is 32.8 Å². The first-order valence-electron chi connectivity index (χ1n) is 6.00. The molecule has 0 unspecified atom stereocenters. The summed E-state index contributed by atoms with van der Waals surface area (Å²) in [5.41, 5.74) is 0.956. The van der Waals surface area contributed by atoms with Crippen LogP contribution in [0.4, 0.5) is 0 Å². The molecule has 0 aliphatic carbocycles. The molecule has 0 saturated carbocycles. The lowest BCUT2D eigenvalue weighted by Crippen LogP contribution is -2.16. The molecule has 0 radical (unpaired) electrons. The van der Waals surface area contributed by atoms with E-state index in [2.05, 4.69) is 20.9 Å². The van der Waals surface area contributed by atoms with Crippen LogP contribution in [0.5, 0.6) is 0 Å². The van der Waals surface area contributed by atoms with Gasteiger partial charge in [0.1, 0.15) is 0 Å². The minimum Gasteiger partial charge on any atom is -0.359 e. The third-order valence-corrected chi connectivity index (χ3v) is 2.51. The lowest BCUT2D eigenvalue weighted by atomic mass is 10.2. The van der Waals surface area contributed by atoms with Crippen molar-refractivity contribution in [2.75, 3.05) is 14.1 Å². The Morgan fingerprint density at radius 1 is 1.35 bits per heavy atom. The molecule has 1 heterocycles. The molecule has 0 atom stereocenters. The largest absolute Gasteiger partial charge is 0.359 e. The highest BCUT2D eigenvalue weighted by Crippen LogP contribution is 2.02. The average molecular weight is 239 g/mol. The maximum atomic E-state index is 11.0. The summed E-state index contributed by atoms with van der Waals surface area (Å²) in [7, 11) is 3.55. The van der Waals surface area contributed by atoms with Gasteiger partial charge < -0.3 is 10.6 Å². The van der Waals surface area contributed by atoms with E-state index < -0.39 is 0 Å². The highest BCUT2D eigenvalue weighted by atomic mass is 16.1. The summed E-state index contributed by atoms with van der Waals surface area (Å²) in [6.45, 7) is 1.61. The van der Waals surface area contributed by atoms with Crippen LogP contribution in [-0.2, 0) is 17.9 Å². The van der Waals surface area contributed by atoms with Crippen LogP contribution in [0, 0.1) is 0 Å². The number of carbonyl (C=O) groups is 1. The van der Waals surface area contributed by atoms with Gasteiger partial charge in [-0.15, -0.1) is 5.10 Å². The molecule has 1 aromatic rings. The summed E-state index contributed by atoms with van der Waals surface area (Å²) in [5.74, 6) is 0.113. The average Bonchev–Trinajstić information content (AvgIpc) is 2.76. The molecule has 96 valence electrons. The normalized spacial score (nSPS) is 10.5. The zero-order chi connectivity index (χ0) is 12.5. The van der Waals surface area contributed by atoms with E-state index in [0.29, 0.717) is 6.42 Å². The summed E-state index contributed by atoms with van der Waals surface area (Å²) in [6.07, 6.45) is 5.56. The Bertz CT molecular complexity index is 336. The molecule has 17 heavy (non-hydrogen) atoms. The molecule has 1 rings (SSSR count). The number of unbranched alkanes of at least 4 members (excludes halogenated alkanes) is 2. The minimum absolute atomic E-state index is 0.113. The van der Waals surface area contributed by atoms with Gasteiger partial charge in [0.15, 0.2) is 0 Å². The van der Waals surface area contributed by atoms with Crippen molar-refractivity contribution in [2.45, 2.75) is 38.8 Å². The van der Waals surface area contributed by atoms with Gasteiger partial charge in [-0.25, -0.2) is 0 Å². The minimum atomic E-state index is 0.113. The first-order chi connectivity index (χ1) is 8.26. The van der Waals surface area contributed by atoms with Gasteiger partial charge in [-0.1, -0.05) is 11.6 Å². The Balaban J connectivity index is 2.11. The van der Waals surface area contributed by atoms with E-state index in [4.69, 9.17) is 0 Å². The monoisotopic (exact) mass is 239 g/mol. The molecule has 2 N–H and O–H groups in total. The van der Waals surface area contributed by atoms with Crippen LogP contribution in [-0.4, -0.2) is 35.0 Å². The topological polar surface area (TPSA) is 71.8 Å². The van der Waals surface area contributed by atoms with Crippen LogP contribution in [0.1, 0.15) is 31.4 Å². The molecule has 6 heteroatoms. The molecule has 0 aromatic carbocycles. The first kappa shape index (κ1) is 13.6. The van der Waals surface area contributed by atoms with Crippen molar-refractivity contribution >= 4 is 5.91 Å². The van der Waals surface area contributed by atoms with Crippen LogP contribution in [0.2, 0.25) is 0 Å². The van der Waals surface area contributed by atoms with Gasteiger partial charge in [-0.2, -0.15) is 0 Å². The number of aryl methyl sites for hydroxylation is 1. The van der Waals surface area contributed by atoms with Crippen molar-refractivity contribution in [3.05, 3.63) is 11.9 Å². The fraction of sp³-hybridized carbons (Fsp3) is 0.727. The molecule has 1 aromatic heterocycles. The summed E-state index contributed by atoms with van der Waals surface area (Å²) in [4.78, 5) is 11.0. The molecular formula is C11H21N5O. The molecule has 0 aliphatic heterocycles. The Morgan fingerprint density at radius 2 is 2.18 bits per heavy atom. The Hall–Kier alpha value is -1.43. The number of hydrogen-bond donors (Lipinski definition) is 2. The summed E-state index contributed by atoms with van der Waals surface area (Å²) in [5, 5.41) is 13.7. The van der Waals surface area contributed by atoms with Crippen molar-refractivity contribution in [2.24, 2.45) is 0 Å². The number of amides is 1. The standard InChI is InChI=1S/C11H21N5O/c1-12-8-10-9-16(15-14-10)7-5-3-4-6-11(17)13-2/h9,12H,3-8H2,1-2H3,(H,13,17). The van der Waals surface area contributed by atoms with E-state index in [1.54, 1.807) is 7.05 Å². The number of aromatic nitrogens is 3. The molecule has 0 spiro atoms. The SMILES string of the molecule is CNCc1cn(CCCCCC(=O)NC)nn1. The lowest BCUT2D eigenvalue weighted by molar-refractivity contribution is -0.120. The zero-order valence-corrected chi connectivity index (χ0v) is 10.6. The van der Waals surface area contributed by atoms with Crippen molar-refractivity contribution in [3.8, 4) is 0 Å². The van der Waals surface area contributed by atoms with Gasteiger partial charge >= 0.3 is 0 Å². The second-order valence-corrected chi connectivity index (χ2v) is 3.99. The fourth-order valence-corrected chi connectivity index (χ4v) is 1.57. The van der Waals surface area contributed by atoms with E-state index in [1.807, 2.05) is 17.9 Å². The number of carbonyl (C=O) groups excluding carboxylic acids is 1. The molecule has 0 bridgehead atoms. The van der Waals surface area contributed by atoms with Gasteiger partial charge in [-0.3, -0.25) is 9.48 Å². The molecule has 1 amide bonds. The maximum Gasteiger partial charge on any atom is 0.219 e. The van der Waals surface area contributed by atoms with E-state index in [1.165, 1.54) is 0 Å². The summed E-state index contributed by atoms with van der Waals surface area (Å²) < 4.78 is 1.85. The quantitative estimate of drug-likeness (QED) is 0.640. The van der Waals surface area contributed by atoms with Crippen molar-refractivity contribution in [1.82, 2.24) is 25.6 Å². The van der Waals surface area contributed by atoms with Crippen LogP contribution in [0.3, 0.4) is 0 Å². The molecule has 0 fully saturated rings. The Labute approximate surface area is 102 Å². The predicted octanol–water partition coefficient (Wildman–Crippen LogP) is 0.304. The zero-order valence-electron chi connectivity index (χ0n) is 10.6. The number of rotatable bonds is 8. The van der Waals surface area contributed by atoms with Crippen LogP contribution in [0.15, 0.2) is 6.20 Å². The highest BCUT2D eigenvalue weighted by Gasteiger charge is 2.00. The summed E-state index contributed by atoms with van der Waals surface area (Å²) >= 11 is 0. The van der Waals surface area contributed by atoms with Crippen LogP contribution in [0.25, 0.3) is 0 Å². The van der Waals surface area contributed by atoms with Crippen molar-refractivity contribution in [3.63, 3.8) is 0 Å². The van der Waals surface area contributed by atoms with E-state index in [-0.39, 0.29) is 5.91 Å². The molecule has 6 nitrogen and oxygen atoms in total. The molecule has 0 saturated heterocycles. The van der Waals surface area contributed by atoms with Gasteiger partial charge in [0.25, 0.3) is 0 Å². The number of hydrogen-bond acceptors (Lipinski definition) is 4. The van der Waals surface area contributed by atoms with Gasteiger partial charge in [-0.05, 0) is 19.9 Å². The lowest BCUT2D eigenvalue weighted by Gasteiger charge is -2.01. The Morgan fingerprint density at radius 3 is 2.88 bits per heavy atom. The predicted molar refractivity (Wildman–Crippen MR) is 65.3 cm³/mol. The Kier molecular flexibility index (Phi) is 6.24. The van der Waals surface area contributed by atoms with Crippen LogP contribution < -0.4 is 10.6 Å². The van der Waals surface area contributed by atoms with Crippen molar-refractivity contribution in [1.29, 1.82) is 0 Å². The van der Waals surface area contributed by atoms with E-state index >= 15 is 0 Å². The number of nitrogens with zero attached hydrogens (tertiary/aromatic N) is 3. The molecular weight excluding hydrogens is 218 g/mol. The van der Waals surface area contributed by atoms with Gasteiger partial charge in [0.05, 0.1) is 5.69 Å². The highest BCUT2D eigenvalue weighted by molar-refractivity contribution is 5.75. The third-order valence-electron chi connectivity index (χ3n) is 2.51. The van der Waals surface area contributed by atoms with E-state index in [0.717, 1.165) is 38.0 Å². The smallest absolute Gasteiger partial charge is 0.219 e. The number of nitrogens with one attached hydrogen (secondary N) is 2. The first-order valence-corrected chi connectivity index (χ1v) is 6.00. The fourth-order valence-electron chi connectivity index (χ4n) is 1.57. The summed E-state index contributed by atoms with van der Waals surface area (Å²) in [6, 6.07) is 0. The van der Waals surface area contributed by atoms with Gasteiger partial charge in [0.2, 0.25) is 5.91 Å². The molecule has 0 aliphatic rings. The second kappa shape index (κ2) is 7.78. The maximum absolute atomic E-state index is 11.0. The second-order valence-electron chi connectivity index (χ2n) is 3.99. The van der Waals surface area contributed by atoms with Crippen molar-refractivity contribution < 1.29 is 4.79 Å². The third kappa shape index (κ3) is 5.44. The van der Waals surface area contributed by atoms with E-state index in [9.17, 15) is 4.79 Å². The van der Waals surface area contributed by atoms with Crippen LogP contribution >= 0.6 is 0 Å².